The summed E-state index contributed by atoms with van der Waals surface area (Å²) in [5.41, 5.74) is 2.53. The van der Waals surface area contributed by atoms with E-state index in [0.29, 0.717) is 0 Å². The van der Waals surface area contributed by atoms with E-state index in [-0.39, 0.29) is 0 Å². The zero-order chi connectivity index (χ0) is 13.1. The maximum atomic E-state index is 2.25. The molecule has 0 atom stereocenters. The van der Waals surface area contributed by atoms with Gasteiger partial charge in [0.2, 0.25) is 0 Å². The SMILES string of the molecule is [SiH3]c1ccc(C=Cc2ccccc2)c2ccccc12. The highest BCUT2D eigenvalue weighted by atomic mass is 28.1. The van der Waals surface area contributed by atoms with Crippen molar-refractivity contribution in [1.29, 1.82) is 0 Å². The number of hydrogen-bond acceptors (Lipinski definition) is 0. The Bertz CT molecular complexity index is 727. The van der Waals surface area contributed by atoms with Gasteiger partial charge in [0.1, 0.15) is 0 Å². The van der Waals surface area contributed by atoms with E-state index in [1.807, 2.05) is 6.07 Å². The van der Waals surface area contributed by atoms with Gasteiger partial charge in [-0.1, -0.05) is 84.1 Å². The summed E-state index contributed by atoms with van der Waals surface area (Å²) in [5, 5.41) is 4.21. The van der Waals surface area contributed by atoms with Crippen LogP contribution in [0.4, 0.5) is 0 Å². The van der Waals surface area contributed by atoms with Crippen LogP contribution in [0.1, 0.15) is 11.1 Å². The van der Waals surface area contributed by atoms with Crippen LogP contribution in [0.15, 0.2) is 66.7 Å². The molecule has 0 N–H and O–H groups in total. The maximum absolute atomic E-state index is 2.25. The summed E-state index contributed by atoms with van der Waals surface area (Å²) in [6, 6.07) is 23.6. The van der Waals surface area contributed by atoms with Gasteiger partial charge in [0.15, 0.2) is 0 Å². The molecule has 3 aromatic carbocycles. The average molecular weight is 260 g/mol. The van der Waals surface area contributed by atoms with Crippen molar-refractivity contribution in [3.05, 3.63) is 77.9 Å². The monoisotopic (exact) mass is 260 g/mol. The Morgan fingerprint density at radius 1 is 0.632 bits per heavy atom. The largest absolute Gasteiger partial charge is 0.0630 e. The summed E-state index contributed by atoms with van der Waals surface area (Å²) in [6.07, 6.45) is 4.38. The maximum Gasteiger partial charge on any atom is 0.0393 e. The molecule has 0 nitrogen and oxygen atoms in total. The van der Waals surface area contributed by atoms with E-state index >= 15 is 0 Å². The molecule has 0 unspecified atom stereocenters. The van der Waals surface area contributed by atoms with Crippen LogP contribution in [0.2, 0.25) is 0 Å². The summed E-state index contributed by atoms with van der Waals surface area (Å²) in [7, 11) is 1.09. The second kappa shape index (κ2) is 5.25. The van der Waals surface area contributed by atoms with Gasteiger partial charge in [-0.2, -0.15) is 0 Å². The average Bonchev–Trinajstić information content (AvgIpc) is 2.48. The van der Waals surface area contributed by atoms with E-state index in [0.717, 1.165) is 10.2 Å². The quantitative estimate of drug-likeness (QED) is 0.491. The van der Waals surface area contributed by atoms with Gasteiger partial charge in [0, 0.05) is 10.2 Å². The Labute approximate surface area is 116 Å². The molecule has 3 rings (SSSR count). The van der Waals surface area contributed by atoms with Gasteiger partial charge in [0.25, 0.3) is 0 Å². The van der Waals surface area contributed by atoms with Crippen LogP contribution in [-0.2, 0) is 0 Å². The van der Waals surface area contributed by atoms with E-state index in [2.05, 4.69) is 72.8 Å². The molecule has 0 aromatic heterocycles. The molecular weight excluding hydrogens is 244 g/mol. The molecule has 0 aliphatic heterocycles. The molecule has 0 bridgehead atoms. The number of benzene rings is 3. The van der Waals surface area contributed by atoms with Crippen molar-refractivity contribution in [2.24, 2.45) is 0 Å². The Balaban J connectivity index is 2.07. The minimum Gasteiger partial charge on any atom is -0.0630 e. The first-order valence-corrected chi connectivity index (χ1v) is 7.56. The van der Waals surface area contributed by atoms with Gasteiger partial charge in [0.05, 0.1) is 0 Å². The van der Waals surface area contributed by atoms with E-state index in [9.17, 15) is 0 Å². The second-order valence-corrected chi connectivity index (χ2v) is 5.84. The summed E-state index contributed by atoms with van der Waals surface area (Å²) < 4.78 is 0. The minimum absolute atomic E-state index is 1.09. The molecule has 92 valence electrons. The molecule has 1 heteroatoms. The molecule has 0 heterocycles. The predicted octanol–water partition coefficient (Wildman–Crippen LogP) is 3.00. The lowest BCUT2D eigenvalue weighted by Crippen LogP contribution is -2.03. The lowest BCUT2D eigenvalue weighted by molar-refractivity contribution is 1.66. The van der Waals surface area contributed by atoms with Gasteiger partial charge in [-0.05, 0) is 21.9 Å². The van der Waals surface area contributed by atoms with Crippen molar-refractivity contribution in [2.45, 2.75) is 0 Å². The Kier molecular flexibility index (Phi) is 3.30. The van der Waals surface area contributed by atoms with Crippen molar-refractivity contribution in [1.82, 2.24) is 0 Å². The third-order valence-corrected chi connectivity index (χ3v) is 4.30. The number of hydrogen-bond donors (Lipinski definition) is 0. The first-order chi connectivity index (χ1) is 9.34. The minimum atomic E-state index is 1.09. The molecule has 0 aliphatic rings. The van der Waals surface area contributed by atoms with Gasteiger partial charge in [-0.15, -0.1) is 0 Å². The van der Waals surface area contributed by atoms with Crippen LogP contribution >= 0.6 is 0 Å². The van der Waals surface area contributed by atoms with Crippen molar-refractivity contribution >= 4 is 38.4 Å². The molecule has 19 heavy (non-hydrogen) atoms. The lowest BCUT2D eigenvalue weighted by atomic mass is 10.0. The van der Waals surface area contributed by atoms with Crippen LogP contribution in [0.25, 0.3) is 22.9 Å². The lowest BCUT2D eigenvalue weighted by Gasteiger charge is -2.05. The predicted molar refractivity (Wildman–Crippen MR) is 88.9 cm³/mol. The van der Waals surface area contributed by atoms with Crippen molar-refractivity contribution in [3.8, 4) is 0 Å². The van der Waals surface area contributed by atoms with E-state index in [1.54, 1.807) is 0 Å². The Hall–Kier alpha value is -2.12. The molecule has 0 spiro atoms. The second-order valence-electron chi connectivity index (χ2n) is 4.76. The third kappa shape index (κ3) is 2.51. The molecule has 0 amide bonds. The van der Waals surface area contributed by atoms with Gasteiger partial charge in [-0.3, -0.25) is 0 Å². The number of rotatable bonds is 2. The Morgan fingerprint density at radius 2 is 1.32 bits per heavy atom. The van der Waals surface area contributed by atoms with Gasteiger partial charge in [-0.25, -0.2) is 0 Å². The van der Waals surface area contributed by atoms with Crippen molar-refractivity contribution in [3.63, 3.8) is 0 Å². The van der Waals surface area contributed by atoms with E-state index in [1.165, 1.54) is 27.1 Å². The fraction of sp³-hybridized carbons (Fsp3) is 0. The fourth-order valence-corrected chi connectivity index (χ4v) is 2.97. The molecule has 0 fully saturated rings. The van der Waals surface area contributed by atoms with E-state index in [4.69, 9.17) is 0 Å². The summed E-state index contributed by atoms with van der Waals surface area (Å²) in [5.74, 6) is 0. The van der Waals surface area contributed by atoms with Crippen LogP contribution in [0, 0.1) is 0 Å². The standard InChI is InChI=1S/C18H16Si/c19-18-13-12-15(16-8-4-5-9-17(16)18)11-10-14-6-2-1-3-7-14/h1-13H,19H3. The van der Waals surface area contributed by atoms with Crippen LogP contribution in [0.3, 0.4) is 0 Å². The van der Waals surface area contributed by atoms with Gasteiger partial charge >= 0.3 is 0 Å². The van der Waals surface area contributed by atoms with E-state index < -0.39 is 0 Å². The van der Waals surface area contributed by atoms with Crippen molar-refractivity contribution < 1.29 is 0 Å². The highest BCUT2D eigenvalue weighted by molar-refractivity contribution is 6.39. The summed E-state index contributed by atoms with van der Waals surface area (Å²) in [4.78, 5) is 0. The van der Waals surface area contributed by atoms with Crippen LogP contribution in [-0.4, -0.2) is 10.2 Å². The first-order valence-electron chi connectivity index (χ1n) is 6.56. The van der Waals surface area contributed by atoms with Crippen LogP contribution < -0.4 is 5.19 Å². The van der Waals surface area contributed by atoms with Crippen molar-refractivity contribution in [2.75, 3.05) is 0 Å². The fourth-order valence-electron chi connectivity index (χ4n) is 2.37. The summed E-state index contributed by atoms with van der Waals surface area (Å²) in [6.45, 7) is 0. The zero-order valence-electron chi connectivity index (χ0n) is 11.0. The molecule has 0 saturated carbocycles. The highest BCUT2D eigenvalue weighted by Crippen LogP contribution is 2.19. The van der Waals surface area contributed by atoms with Crippen LogP contribution in [0.5, 0.6) is 0 Å². The molecular formula is C18H16Si. The topological polar surface area (TPSA) is 0 Å². The highest BCUT2D eigenvalue weighted by Gasteiger charge is 1.99. The molecule has 0 aliphatic carbocycles. The molecule has 0 radical (unpaired) electrons. The normalized spacial score (nSPS) is 11.4. The Morgan fingerprint density at radius 3 is 2.11 bits per heavy atom. The van der Waals surface area contributed by atoms with Gasteiger partial charge < -0.3 is 0 Å². The first kappa shape index (κ1) is 11.9. The summed E-state index contributed by atoms with van der Waals surface area (Å²) >= 11 is 0. The third-order valence-electron chi connectivity index (χ3n) is 3.43. The molecule has 0 saturated heterocycles. The zero-order valence-corrected chi connectivity index (χ0v) is 13.0. The molecule has 3 aromatic rings. The smallest absolute Gasteiger partial charge is 0.0393 e. The number of fused-ring (bicyclic) bond motifs is 1.